The summed E-state index contributed by atoms with van der Waals surface area (Å²) < 4.78 is 15.7. The van der Waals surface area contributed by atoms with Crippen molar-refractivity contribution in [2.75, 3.05) is 7.11 Å². The van der Waals surface area contributed by atoms with Gasteiger partial charge in [0.15, 0.2) is 11.5 Å². The number of methoxy groups -OCH3 is 1. The third-order valence-corrected chi connectivity index (χ3v) is 2.56. The van der Waals surface area contributed by atoms with Gasteiger partial charge in [-0.1, -0.05) is 0 Å². The van der Waals surface area contributed by atoms with Crippen molar-refractivity contribution in [1.82, 2.24) is 0 Å². The summed E-state index contributed by atoms with van der Waals surface area (Å²) >= 11 is 0. The Labute approximate surface area is 114 Å². The van der Waals surface area contributed by atoms with Crippen molar-refractivity contribution >= 4 is 5.97 Å². The van der Waals surface area contributed by atoms with Crippen LogP contribution in [0.15, 0.2) is 34.9 Å². The molecule has 0 bridgehead atoms. The SMILES string of the molecule is COc1cc(C#N)ccc1OCc1cc(C(=O)O)co1. The molecule has 0 aliphatic rings. The van der Waals surface area contributed by atoms with Gasteiger partial charge in [-0.25, -0.2) is 4.79 Å². The second-order valence-corrected chi connectivity index (χ2v) is 3.87. The van der Waals surface area contributed by atoms with E-state index in [2.05, 4.69) is 0 Å². The average Bonchev–Trinajstić information content (AvgIpc) is 2.94. The second kappa shape index (κ2) is 5.80. The van der Waals surface area contributed by atoms with Crippen LogP contribution in [0.25, 0.3) is 0 Å². The van der Waals surface area contributed by atoms with E-state index >= 15 is 0 Å². The van der Waals surface area contributed by atoms with E-state index in [1.165, 1.54) is 13.2 Å². The molecular formula is C14H11NO5. The van der Waals surface area contributed by atoms with Gasteiger partial charge in [0, 0.05) is 6.07 Å². The third kappa shape index (κ3) is 2.90. The molecule has 1 N–H and O–H groups in total. The van der Waals surface area contributed by atoms with Crippen LogP contribution in [0.4, 0.5) is 0 Å². The minimum absolute atomic E-state index is 0.0650. The lowest BCUT2D eigenvalue weighted by atomic mass is 10.2. The van der Waals surface area contributed by atoms with Crippen molar-refractivity contribution in [1.29, 1.82) is 5.26 Å². The highest BCUT2D eigenvalue weighted by Crippen LogP contribution is 2.28. The smallest absolute Gasteiger partial charge is 0.338 e. The number of hydrogen-bond acceptors (Lipinski definition) is 5. The molecule has 0 aliphatic carbocycles. The average molecular weight is 273 g/mol. The summed E-state index contributed by atoms with van der Waals surface area (Å²) in [6, 6.07) is 8.15. The summed E-state index contributed by atoms with van der Waals surface area (Å²) in [5.74, 6) is 0.193. The molecule has 2 rings (SSSR count). The van der Waals surface area contributed by atoms with Crippen molar-refractivity contribution in [3.05, 3.63) is 47.4 Å². The fourth-order valence-corrected chi connectivity index (χ4v) is 1.57. The molecule has 0 fully saturated rings. The first-order valence-electron chi connectivity index (χ1n) is 5.65. The number of rotatable bonds is 5. The largest absolute Gasteiger partial charge is 0.493 e. The maximum Gasteiger partial charge on any atom is 0.338 e. The fourth-order valence-electron chi connectivity index (χ4n) is 1.57. The van der Waals surface area contributed by atoms with Crippen LogP contribution in [0.2, 0.25) is 0 Å². The number of benzene rings is 1. The van der Waals surface area contributed by atoms with E-state index < -0.39 is 5.97 Å². The number of carbonyl (C=O) groups is 1. The predicted molar refractivity (Wildman–Crippen MR) is 67.7 cm³/mol. The van der Waals surface area contributed by atoms with Crippen molar-refractivity contribution in [2.24, 2.45) is 0 Å². The van der Waals surface area contributed by atoms with Gasteiger partial charge in [-0.05, 0) is 18.2 Å². The molecule has 0 spiro atoms. The minimum atomic E-state index is -1.06. The van der Waals surface area contributed by atoms with Crippen LogP contribution in [0.5, 0.6) is 11.5 Å². The van der Waals surface area contributed by atoms with Crippen LogP contribution >= 0.6 is 0 Å². The molecule has 1 heterocycles. The number of nitriles is 1. The molecule has 102 valence electrons. The van der Waals surface area contributed by atoms with Gasteiger partial charge in [-0.3, -0.25) is 0 Å². The molecule has 2 aromatic rings. The quantitative estimate of drug-likeness (QED) is 0.899. The lowest BCUT2D eigenvalue weighted by Crippen LogP contribution is -1.97. The zero-order valence-electron chi connectivity index (χ0n) is 10.6. The van der Waals surface area contributed by atoms with Crippen LogP contribution in [-0.4, -0.2) is 18.2 Å². The van der Waals surface area contributed by atoms with Gasteiger partial charge < -0.3 is 19.0 Å². The molecule has 0 saturated heterocycles. The Morgan fingerprint density at radius 3 is 2.80 bits per heavy atom. The van der Waals surface area contributed by atoms with Crippen molar-refractivity contribution in [3.63, 3.8) is 0 Å². The number of hydrogen-bond donors (Lipinski definition) is 1. The Kier molecular flexibility index (Phi) is 3.91. The van der Waals surface area contributed by atoms with E-state index in [1.807, 2.05) is 6.07 Å². The van der Waals surface area contributed by atoms with Gasteiger partial charge in [0.1, 0.15) is 18.6 Å². The maximum absolute atomic E-state index is 10.7. The standard InChI is InChI=1S/C14H11NO5/c1-18-13-4-9(6-15)2-3-12(13)20-8-11-5-10(7-19-11)14(16)17/h2-5,7H,8H2,1H3,(H,16,17). The molecule has 0 saturated carbocycles. The minimum Gasteiger partial charge on any atom is -0.493 e. The molecule has 0 amide bonds. The van der Waals surface area contributed by atoms with E-state index in [9.17, 15) is 4.79 Å². The van der Waals surface area contributed by atoms with Gasteiger partial charge in [0.25, 0.3) is 0 Å². The molecule has 1 aromatic heterocycles. The fraction of sp³-hybridized carbons (Fsp3) is 0.143. The van der Waals surface area contributed by atoms with E-state index in [0.29, 0.717) is 22.8 Å². The highest BCUT2D eigenvalue weighted by Gasteiger charge is 2.10. The number of carboxylic acids is 1. The number of nitrogens with zero attached hydrogens (tertiary/aromatic N) is 1. The summed E-state index contributed by atoms with van der Waals surface area (Å²) in [6.07, 6.45) is 1.15. The Hall–Kier alpha value is -2.94. The molecule has 0 aliphatic heterocycles. The second-order valence-electron chi connectivity index (χ2n) is 3.87. The number of ether oxygens (including phenoxy) is 2. The molecule has 20 heavy (non-hydrogen) atoms. The van der Waals surface area contributed by atoms with E-state index in [1.54, 1.807) is 18.2 Å². The molecule has 0 atom stereocenters. The Bertz CT molecular complexity index is 668. The Morgan fingerprint density at radius 1 is 1.40 bits per heavy atom. The van der Waals surface area contributed by atoms with Crippen LogP contribution < -0.4 is 9.47 Å². The van der Waals surface area contributed by atoms with E-state index in [-0.39, 0.29) is 12.2 Å². The van der Waals surface area contributed by atoms with Crippen molar-refractivity contribution in [3.8, 4) is 17.6 Å². The summed E-state index contributed by atoms with van der Waals surface area (Å²) in [4.78, 5) is 10.7. The first-order valence-corrected chi connectivity index (χ1v) is 5.65. The first kappa shape index (κ1) is 13.5. The first-order chi connectivity index (χ1) is 9.63. The lowest BCUT2D eigenvalue weighted by molar-refractivity contribution is 0.0696. The van der Waals surface area contributed by atoms with Gasteiger partial charge >= 0.3 is 5.97 Å². The lowest BCUT2D eigenvalue weighted by Gasteiger charge is -2.09. The number of aromatic carboxylic acids is 1. The van der Waals surface area contributed by atoms with E-state index in [4.69, 9.17) is 24.3 Å². The topological polar surface area (TPSA) is 92.7 Å². The summed E-state index contributed by atoms with van der Waals surface area (Å²) in [7, 11) is 1.47. The van der Waals surface area contributed by atoms with Gasteiger partial charge in [0.2, 0.25) is 0 Å². The van der Waals surface area contributed by atoms with Crippen LogP contribution in [0.3, 0.4) is 0 Å². The highest BCUT2D eigenvalue weighted by molar-refractivity contribution is 5.87. The monoisotopic (exact) mass is 273 g/mol. The van der Waals surface area contributed by atoms with Crippen LogP contribution in [0, 0.1) is 11.3 Å². The Balaban J connectivity index is 2.10. The zero-order valence-corrected chi connectivity index (χ0v) is 10.6. The predicted octanol–water partition coefficient (Wildman–Crippen LogP) is 2.44. The molecule has 6 nitrogen and oxygen atoms in total. The molecular weight excluding hydrogens is 262 g/mol. The van der Waals surface area contributed by atoms with Gasteiger partial charge in [-0.15, -0.1) is 0 Å². The molecule has 6 heteroatoms. The zero-order chi connectivity index (χ0) is 14.5. The molecule has 0 radical (unpaired) electrons. The summed E-state index contributed by atoms with van der Waals surface area (Å²) in [5.41, 5.74) is 0.524. The van der Waals surface area contributed by atoms with Gasteiger partial charge in [0.05, 0.1) is 24.3 Å². The van der Waals surface area contributed by atoms with E-state index in [0.717, 1.165) is 6.26 Å². The van der Waals surface area contributed by atoms with Gasteiger partial charge in [-0.2, -0.15) is 5.26 Å². The van der Waals surface area contributed by atoms with Crippen molar-refractivity contribution < 1.29 is 23.8 Å². The van der Waals surface area contributed by atoms with Crippen LogP contribution in [0.1, 0.15) is 21.7 Å². The normalized spacial score (nSPS) is 9.80. The Morgan fingerprint density at radius 2 is 2.20 bits per heavy atom. The number of carboxylic acid groups (broad SMARTS) is 1. The number of furan rings is 1. The molecule has 1 aromatic carbocycles. The molecule has 0 unspecified atom stereocenters. The van der Waals surface area contributed by atoms with Crippen LogP contribution in [-0.2, 0) is 6.61 Å². The third-order valence-electron chi connectivity index (χ3n) is 2.56. The maximum atomic E-state index is 10.7. The summed E-state index contributed by atoms with van der Waals surface area (Å²) in [5, 5.41) is 17.6. The summed E-state index contributed by atoms with van der Waals surface area (Å²) in [6.45, 7) is 0.0650. The van der Waals surface area contributed by atoms with Crippen molar-refractivity contribution in [2.45, 2.75) is 6.61 Å². The highest BCUT2D eigenvalue weighted by atomic mass is 16.5.